The molecule has 98 valence electrons. The van der Waals surface area contributed by atoms with E-state index in [0.29, 0.717) is 0 Å². The van der Waals surface area contributed by atoms with Gasteiger partial charge in [0.1, 0.15) is 0 Å². The van der Waals surface area contributed by atoms with Crippen LogP contribution in [0.5, 0.6) is 0 Å². The second-order valence-corrected chi connectivity index (χ2v) is 5.54. The highest BCUT2D eigenvalue weighted by molar-refractivity contribution is 7.89. The van der Waals surface area contributed by atoms with Crippen molar-refractivity contribution in [2.45, 2.75) is 5.03 Å². The summed E-state index contributed by atoms with van der Waals surface area (Å²) in [4.78, 5) is 15.0. The minimum Gasteiger partial charge on any atom is -0.354 e. The first-order valence-electron chi connectivity index (χ1n) is 5.24. The van der Waals surface area contributed by atoms with Crippen molar-refractivity contribution in [2.24, 2.45) is 5.84 Å². The van der Waals surface area contributed by atoms with E-state index in [0.717, 1.165) is 4.31 Å². The van der Waals surface area contributed by atoms with E-state index in [1.807, 2.05) is 0 Å². The summed E-state index contributed by atoms with van der Waals surface area (Å²) in [6.45, 7) is 0.299. The van der Waals surface area contributed by atoms with E-state index < -0.39 is 10.0 Å². The van der Waals surface area contributed by atoms with Crippen LogP contribution in [0.15, 0.2) is 23.4 Å². The molecular weight excluding hydrogens is 258 g/mol. The number of amides is 1. The van der Waals surface area contributed by atoms with Crippen molar-refractivity contribution in [1.82, 2.24) is 14.6 Å². The molecule has 0 unspecified atom stereocenters. The van der Waals surface area contributed by atoms with Gasteiger partial charge in [0.25, 0.3) is 10.0 Å². The highest BCUT2D eigenvalue weighted by Crippen LogP contribution is 2.21. The SMILES string of the molecule is NNc1cccnc1S(=O)(=O)N1CCNC(=O)C1. The first kappa shape index (κ1) is 12.7. The Hall–Kier alpha value is -1.71. The zero-order chi connectivity index (χ0) is 13.2. The van der Waals surface area contributed by atoms with Gasteiger partial charge in [-0.3, -0.25) is 10.6 Å². The molecular formula is C9H13N5O3S. The first-order valence-corrected chi connectivity index (χ1v) is 6.68. The van der Waals surface area contributed by atoms with Crippen molar-refractivity contribution in [3.63, 3.8) is 0 Å². The lowest BCUT2D eigenvalue weighted by molar-refractivity contribution is -0.122. The predicted octanol–water partition coefficient (Wildman–Crippen LogP) is -1.51. The van der Waals surface area contributed by atoms with Crippen molar-refractivity contribution in [3.05, 3.63) is 18.3 Å². The maximum atomic E-state index is 12.3. The maximum Gasteiger partial charge on any atom is 0.263 e. The van der Waals surface area contributed by atoms with Gasteiger partial charge in [0.2, 0.25) is 5.91 Å². The predicted molar refractivity (Wildman–Crippen MR) is 63.8 cm³/mol. The zero-order valence-electron chi connectivity index (χ0n) is 9.46. The maximum absolute atomic E-state index is 12.3. The number of nitrogens with zero attached hydrogens (tertiary/aromatic N) is 2. The van der Waals surface area contributed by atoms with Crippen LogP contribution in [0.4, 0.5) is 5.69 Å². The Kier molecular flexibility index (Phi) is 3.45. The fourth-order valence-corrected chi connectivity index (χ4v) is 3.11. The number of nitrogen functional groups attached to an aromatic ring is 1. The van der Waals surface area contributed by atoms with E-state index in [2.05, 4.69) is 15.7 Å². The van der Waals surface area contributed by atoms with E-state index >= 15 is 0 Å². The summed E-state index contributed by atoms with van der Waals surface area (Å²) in [5.41, 5.74) is 2.48. The van der Waals surface area contributed by atoms with Gasteiger partial charge in [-0.05, 0) is 12.1 Å². The van der Waals surface area contributed by atoms with E-state index in [4.69, 9.17) is 5.84 Å². The van der Waals surface area contributed by atoms with Gasteiger partial charge in [0.15, 0.2) is 5.03 Å². The van der Waals surface area contributed by atoms with Gasteiger partial charge in [-0.2, -0.15) is 4.31 Å². The number of nitrogens with one attached hydrogen (secondary N) is 2. The van der Waals surface area contributed by atoms with Gasteiger partial charge in [-0.25, -0.2) is 13.4 Å². The standard InChI is InChI=1S/C9H13N5O3S/c10-13-7-2-1-3-12-9(7)18(16,17)14-5-4-11-8(15)6-14/h1-3,13H,4-6,10H2,(H,11,15). The summed E-state index contributed by atoms with van der Waals surface area (Å²) >= 11 is 0. The Labute approximate surface area is 104 Å². The molecule has 1 fully saturated rings. The van der Waals surface area contributed by atoms with E-state index in [9.17, 15) is 13.2 Å². The van der Waals surface area contributed by atoms with E-state index in [1.54, 1.807) is 6.07 Å². The number of hydrogen-bond donors (Lipinski definition) is 3. The van der Waals surface area contributed by atoms with Crippen LogP contribution in [0.2, 0.25) is 0 Å². The van der Waals surface area contributed by atoms with E-state index in [1.165, 1.54) is 12.3 Å². The molecule has 1 aliphatic heterocycles. The topological polar surface area (TPSA) is 117 Å². The molecule has 0 saturated carbocycles. The number of hydrazine groups is 1. The largest absolute Gasteiger partial charge is 0.354 e. The molecule has 0 spiro atoms. The van der Waals surface area contributed by atoms with Gasteiger partial charge in [0, 0.05) is 19.3 Å². The Bertz CT molecular complexity index is 559. The quantitative estimate of drug-likeness (QED) is 0.454. The lowest BCUT2D eigenvalue weighted by atomic mass is 10.4. The van der Waals surface area contributed by atoms with Crippen LogP contribution in [0.1, 0.15) is 0 Å². The summed E-state index contributed by atoms with van der Waals surface area (Å²) in [6, 6.07) is 3.07. The summed E-state index contributed by atoms with van der Waals surface area (Å²) in [7, 11) is -3.82. The van der Waals surface area contributed by atoms with Crippen LogP contribution in [0.25, 0.3) is 0 Å². The van der Waals surface area contributed by atoms with Gasteiger partial charge in [0.05, 0.1) is 12.2 Å². The van der Waals surface area contributed by atoms with Crippen LogP contribution < -0.4 is 16.6 Å². The normalized spacial score (nSPS) is 17.3. The molecule has 1 aromatic heterocycles. The molecule has 0 atom stereocenters. The van der Waals surface area contributed by atoms with Crippen LogP contribution in [0.3, 0.4) is 0 Å². The van der Waals surface area contributed by atoms with Crippen molar-refractivity contribution in [2.75, 3.05) is 25.1 Å². The Morgan fingerprint density at radius 2 is 2.28 bits per heavy atom. The lowest BCUT2D eigenvalue weighted by Gasteiger charge is -2.26. The highest BCUT2D eigenvalue weighted by atomic mass is 32.2. The van der Waals surface area contributed by atoms with Crippen molar-refractivity contribution in [3.8, 4) is 0 Å². The molecule has 1 saturated heterocycles. The van der Waals surface area contributed by atoms with Gasteiger partial charge in [-0.15, -0.1) is 0 Å². The average Bonchev–Trinajstić information content (AvgIpc) is 2.38. The molecule has 4 N–H and O–H groups in total. The number of aromatic nitrogens is 1. The Balaban J connectivity index is 2.38. The van der Waals surface area contributed by atoms with Crippen LogP contribution in [-0.2, 0) is 14.8 Å². The number of nitrogens with two attached hydrogens (primary N) is 1. The number of hydrogen-bond acceptors (Lipinski definition) is 6. The molecule has 2 rings (SSSR count). The molecule has 0 aromatic carbocycles. The Morgan fingerprint density at radius 3 is 2.94 bits per heavy atom. The zero-order valence-corrected chi connectivity index (χ0v) is 10.3. The third-order valence-corrected chi connectivity index (χ3v) is 4.32. The van der Waals surface area contributed by atoms with Crippen LogP contribution in [-0.4, -0.2) is 43.2 Å². The summed E-state index contributed by atoms with van der Waals surface area (Å²) in [5, 5.41) is 2.38. The molecule has 18 heavy (non-hydrogen) atoms. The number of anilines is 1. The molecule has 0 aliphatic carbocycles. The van der Waals surface area contributed by atoms with Gasteiger partial charge in [-0.1, -0.05) is 0 Å². The number of pyridine rings is 1. The first-order chi connectivity index (χ1) is 8.55. The molecule has 8 nitrogen and oxygen atoms in total. The minimum absolute atomic E-state index is 0.179. The molecule has 2 heterocycles. The number of rotatable bonds is 3. The molecule has 1 aliphatic rings. The summed E-state index contributed by atoms with van der Waals surface area (Å²) < 4.78 is 25.7. The fourth-order valence-electron chi connectivity index (χ4n) is 1.65. The summed E-state index contributed by atoms with van der Waals surface area (Å²) in [5.74, 6) is 4.92. The molecule has 0 radical (unpaired) electrons. The number of carbonyl (C=O) groups excluding carboxylic acids is 1. The third kappa shape index (κ3) is 2.28. The van der Waals surface area contributed by atoms with E-state index in [-0.39, 0.29) is 36.3 Å². The highest BCUT2D eigenvalue weighted by Gasteiger charge is 2.31. The number of piperazine rings is 1. The molecule has 1 aromatic rings. The minimum atomic E-state index is -3.82. The summed E-state index contributed by atoms with van der Waals surface area (Å²) in [6.07, 6.45) is 1.36. The lowest BCUT2D eigenvalue weighted by Crippen LogP contribution is -2.50. The monoisotopic (exact) mass is 271 g/mol. The number of sulfonamides is 1. The van der Waals surface area contributed by atoms with Crippen molar-refractivity contribution < 1.29 is 13.2 Å². The van der Waals surface area contributed by atoms with Gasteiger partial charge >= 0.3 is 0 Å². The third-order valence-electron chi connectivity index (χ3n) is 2.51. The molecule has 9 heteroatoms. The fraction of sp³-hybridized carbons (Fsp3) is 0.333. The van der Waals surface area contributed by atoms with Crippen molar-refractivity contribution in [1.29, 1.82) is 0 Å². The average molecular weight is 271 g/mol. The molecule has 1 amide bonds. The second-order valence-electron chi connectivity index (χ2n) is 3.69. The smallest absolute Gasteiger partial charge is 0.263 e. The van der Waals surface area contributed by atoms with Gasteiger partial charge < -0.3 is 10.7 Å². The Morgan fingerprint density at radius 1 is 1.50 bits per heavy atom. The molecule has 0 bridgehead atoms. The van der Waals surface area contributed by atoms with Crippen LogP contribution in [0, 0.1) is 0 Å². The van der Waals surface area contributed by atoms with Crippen LogP contribution >= 0.6 is 0 Å². The second kappa shape index (κ2) is 4.88. The van der Waals surface area contributed by atoms with Crippen molar-refractivity contribution >= 4 is 21.6 Å². The number of carbonyl (C=O) groups is 1.